The first-order chi connectivity index (χ1) is 16.7. The molecule has 0 saturated carbocycles. The lowest BCUT2D eigenvalue weighted by Crippen LogP contribution is -2.19. The van der Waals surface area contributed by atoms with Crippen molar-refractivity contribution < 1.29 is 0 Å². The number of fused-ring (bicyclic) bond motifs is 3. The number of anilines is 1. The summed E-state index contributed by atoms with van der Waals surface area (Å²) < 4.78 is 2.50. The standard InChI is InChI=1S/C32H32N2/c1-3-4-13-24(2)22-25-14-5-9-18-29(25)33-30-19-10-6-15-26(30)23-34-31-20-11-7-16-27(31)28-17-8-12-21-32(28)34/h3-14,16-21,26,33H,15,22-23H2,1-2H3/b4-3-,24-13+. The summed E-state index contributed by atoms with van der Waals surface area (Å²) in [5, 5.41) is 6.48. The van der Waals surface area contributed by atoms with Crippen molar-refractivity contribution in [2.45, 2.75) is 33.2 Å². The van der Waals surface area contributed by atoms with E-state index in [1.54, 1.807) is 0 Å². The van der Waals surface area contributed by atoms with E-state index in [0.717, 1.165) is 19.4 Å². The van der Waals surface area contributed by atoms with E-state index in [2.05, 4.69) is 133 Å². The zero-order valence-corrected chi connectivity index (χ0v) is 20.0. The van der Waals surface area contributed by atoms with E-state index in [9.17, 15) is 0 Å². The van der Waals surface area contributed by atoms with E-state index in [-0.39, 0.29) is 0 Å². The van der Waals surface area contributed by atoms with Crippen molar-refractivity contribution in [1.29, 1.82) is 0 Å². The molecule has 5 rings (SSSR count). The Balaban J connectivity index is 1.45. The Labute approximate surface area is 202 Å². The molecule has 34 heavy (non-hydrogen) atoms. The maximum absolute atomic E-state index is 3.82. The lowest BCUT2D eigenvalue weighted by molar-refractivity contribution is 0.528. The minimum absolute atomic E-state index is 0.386. The van der Waals surface area contributed by atoms with Gasteiger partial charge < -0.3 is 9.88 Å². The summed E-state index contributed by atoms with van der Waals surface area (Å²) in [4.78, 5) is 0. The highest BCUT2D eigenvalue weighted by Gasteiger charge is 2.20. The molecule has 170 valence electrons. The summed E-state index contributed by atoms with van der Waals surface area (Å²) >= 11 is 0. The van der Waals surface area contributed by atoms with Gasteiger partial charge in [-0.15, -0.1) is 0 Å². The molecule has 1 aliphatic rings. The van der Waals surface area contributed by atoms with Crippen molar-refractivity contribution in [1.82, 2.24) is 4.57 Å². The van der Waals surface area contributed by atoms with Crippen molar-refractivity contribution in [3.8, 4) is 0 Å². The van der Waals surface area contributed by atoms with Gasteiger partial charge in [0.2, 0.25) is 0 Å². The van der Waals surface area contributed by atoms with Gasteiger partial charge in [0.05, 0.1) is 0 Å². The zero-order chi connectivity index (χ0) is 23.3. The fourth-order valence-corrected chi connectivity index (χ4v) is 4.99. The fourth-order valence-electron chi connectivity index (χ4n) is 4.99. The van der Waals surface area contributed by atoms with Crippen molar-refractivity contribution in [3.63, 3.8) is 0 Å². The van der Waals surface area contributed by atoms with Gasteiger partial charge in [-0.2, -0.15) is 0 Å². The predicted octanol–water partition coefficient (Wildman–Crippen LogP) is 8.43. The zero-order valence-electron chi connectivity index (χ0n) is 20.0. The molecule has 1 unspecified atom stereocenters. The third-order valence-electron chi connectivity index (χ3n) is 6.69. The minimum Gasteiger partial charge on any atom is -0.358 e. The van der Waals surface area contributed by atoms with Gasteiger partial charge in [0.1, 0.15) is 0 Å². The Kier molecular flexibility index (Phi) is 6.49. The van der Waals surface area contributed by atoms with Crippen LogP contribution in [0.1, 0.15) is 25.8 Å². The summed E-state index contributed by atoms with van der Waals surface area (Å²) in [5.41, 5.74) is 7.78. The third-order valence-corrected chi connectivity index (χ3v) is 6.69. The van der Waals surface area contributed by atoms with Gasteiger partial charge in [-0.1, -0.05) is 90.6 Å². The highest BCUT2D eigenvalue weighted by molar-refractivity contribution is 6.07. The highest BCUT2D eigenvalue weighted by Crippen LogP contribution is 2.33. The number of hydrogen-bond acceptors (Lipinski definition) is 1. The molecule has 1 aliphatic carbocycles. The van der Waals surface area contributed by atoms with Crippen LogP contribution >= 0.6 is 0 Å². The molecule has 0 amide bonds. The van der Waals surface area contributed by atoms with Crippen molar-refractivity contribution >= 4 is 27.5 Å². The van der Waals surface area contributed by atoms with Gasteiger partial charge in [0, 0.05) is 45.7 Å². The first-order valence-corrected chi connectivity index (χ1v) is 12.2. The van der Waals surface area contributed by atoms with Crippen LogP contribution in [0, 0.1) is 5.92 Å². The van der Waals surface area contributed by atoms with E-state index in [1.165, 1.54) is 44.3 Å². The van der Waals surface area contributed by atoms with Crippen LogP contribution in [-0.4, -0.2) is 4.57 Å². The van der Waals surface area contributed by atoms with E-state index in [4.69, 9.17) is 0 Å². The number of aromatic nitrogens is 1. The Hall–Kier alpha value is -3.78. The van der Waals surface area contributed by atoms with Crippen molar-refractivity contribution in [2.24, 2.45) is 5.92 Å². The van der Waals surface area contributed by atoms with Crippen LogP contribution in [0.5, 0.6) is 0 Å². The van der Waals surface area contributed by atoms with Crippen LogP contribution in [0.15, 0.2) is 121 Å². The number of hydrogen-bond donors (Lipinski definition) is 1. The van der Waals surface area contributed by atoms with Gasteiger partial charge in [-0.05, 0) is 56.5 Å². The quantitative estimate of drug-likeness (QED) is 0.283. The van der Waals surface area contributed by atoms with Crippen LogP contribution in [-0.2, 0) is 13.0 Å². The molecule has 0 spiro atoms. The van der Waals surface area contributed by atoms with E-state index >= 15 is 0 Å². The third kappa shape index (κ3) is 4.49. The molecule has 1 atom stereocenters. The lowest BCUT2D eigenvalue weighted by atomic mass is 9.95. The largest absolute Gasteiger partial charge is 0.358 e. The minimum atomic E-state index is 0.386. The van der Waals surface area contributed by atoms with E-state index in [0.29, 0.717) is 5.92 Å². The van der Waals surface area contributed by atoms with Gasteiger partial charge >= 0.3 is 0 Å². The summed E-state index contributed by atoms with van der Waals surface area (Å²) in [5.74, 6) is 0.386. The van der Waals surface area contributed by atoms with Crippen LogP contribution < -0.4 is 5.32 Å². The summed E-state index contributed by atoms with van der Waals surface area (Å²) in [7, 11) is 0. The molecule has 0 bridgehead atoms. The second-order valence-corrected chi connectivity index (χ2v) is 9.13. The van der Waals surface area contributed by atoms with Gasteiger partial charge in [0.15, 0.2) is 0 Å². The normalized spacial score (nSPS) is 16.5. The highest BCUT2D eigenvalue weighted by atomic mass is 15.0. The smallest absolute Gasteiger partial charge is 0.0491 e. The Morgan fingerprint density at radius 1 is 0.941 bits per heavy atom. The molecule has 3 aromatic carbocycles. The van der Waals surface area contributed by atoms with Crippen LogP contribution in [0.4, 0.5) is 5.69 Å². The molecule has 1 heterocycles. The van der Waals surface area contributed by atoms with Crippen LogP contribution in [0.25, 0.3) is 21.8 Å². The average Bonchev–Trinajstić information content (AvgIpc) is 3.19. The molecule has 0 saturated heterocycles. The lowest BCUT2D eigenvalue weighted by Gasteiger charge is -2.25. The second kappa shape index (κ2) is 10.0. The Morgan fingerprint density at radius 2 is 1.62 bits per heavy atom. The molecular formula is C32H32N2. The Bertz CT molecular complexity index is 1370. The maximum Gasteiger partial charge on any atom is 0.0491 e. The molecule has 2 heteroatoms. The van der Waals surface area contributed by atoms with Gasteiger partial charge in [-0.25, -0.2) is 0 Å². The molecule has 4 aromatic rings. The first kappa shape index (κ1) is 22.0. The van der Waals surface area contributed by atoms with Gasteiger partial charge in [0.25, 0.3) is 0 Å². The number of nitrogens with one attached hydrogen (secondary N) is 1. The molecule has 2 nitrogen and oxygen atoms in total. The summed E-state index contributed by atoms with van der Waals surface area (Å²) in [6.07, 6.45) is 15.1. The van der Waals surface area contributed by atoms with Crippen molar-refractivity contribution in [3.05, 3.63) is 126 Å². The number of nitrogens with zero attached hydrogens (tertiary/aromatic N) is 1. The summed E-state index contributed by atoms with van der Waals surface area (Å²) in [6, 6.07) is 26.2. The summed E-state index contributed by atoms with van der Waals surface area (Å²) in [6.45, 7) is 5.20. The average molecular weight is 445 g/mol. The van der Waals surface area contributed by atoms with E-state index in [1.807, 2.05) is 0 Å². The number of benzene rings is 3. The number of allylic oxidation sites excluding steroid dienone is 8. The second-order valence-electron chi connectivity index (χ2n) is 9.13. The molecule has 0 radical (unpaired) electrons. The SMILES string of the molecule is C/C=C\C=C(/C)Cc1ccccc1NC1=CC=CCC1Cn1c2ccccc2c2ccccc21. The van der Waals surface area contributed by atoms with E-state index < -0.39 is 0 Å². The molecule has 1 N–H and O–H groups in total. The molecule has 1 aromatic heterocycles. The predicted molar refractivity (Wildman–Crippen MR) is 147 cm³/mol. The molecular weight excluding hydrogens is 412 g/mol. The number of rotatable bonds is 7. The number of para-hydroxylation sites is 3. The van der Waals surface area contributed by atoms with Gasteiger partial charge in [-0.3, -0.25) is 0 Å². The fraction of sp³-hybridized carbons (Fsp3) is 0.188. The monoisotopic (exact) mass is 444 g/mol. The molecule has 0 fully saturated rings. The first-order valence-electron chi connectivity index (χ1n) is 12.2. The maximum atomic E-state index is 3.82. The van der Waals surface area contributed by atoms with Crippen molar-refractivity contribution in [2.75, 3.05) is 5.32 Å². The van der Waals surface area contributed by atoms with Crippen LogP contribution in [0.2, 0.25) is 0 Å². The topological polar surface area (TPSA) is 17.0 Å². The van der Waals surface area contributed by atoms with Crippen LogP contribution in [0.3, 0.4) is 0 Å². The molecule has 0 aliphatic heterocycles. The Morgan fingerprint density at radius 3 is 2.35 bits per heavy atom.